The van der Waals surface area contributed by atoms with Crippen LogP contribution in [-0.2, 0) is 16.4 Å². The fourth-order valence-electron chi connectivity index (χ4n) is 3.37. The first-order chi connectivity index (χ1) is 10.1. The van der Waals surface area contributed by atoms with Crippen molar-refractivity contribution >= 4 is 15.7 Å². The minimum Gasteiger partial charge on any atom is -0.395 e. The van der Waals surface area contributed by atoms with Crippen molar-refractivity contribution in [1.29, 1.82) is 0 Å². The van der Waals surface area contributed by atoms with Crippen molar-refractivity contribution in [2.24, 2.45) is 0 Å². The summed E-state index contributed by atoms with van der Waals surface area (Å²) in [6, 6.07) is 5.34. The third-order valence-corrected chi connectivity index (χ3v) is 6.39. The van der Waals surface area contributed by atoms with Crippen LogP contribution in [0.3, 0.4) is 0 Å². The van der Waals surface area contributed by atoms with Crippen LogP contribution in [0.25, 0.3) is 0 Å². The molecular weight excluding hydrogens is 288 g/mol. The van der Waals surface area contributed by atoms with Gasteiger partial charge in [0.25, 0.3) is 0 Å². The Hall–Kier alpha value is -1.11. The Morgan fingerprint density at radius 3 is 2.76 bits per heavy atom. The molecule has 1 aromatic carbocycles. The molecule has 1 aliphatic carbocycles. The molecule has 0 atom stereocenters. The summed E-state index contributed by atoms with van der Waals surface area (Å²) in [7, 11) is -3.52. The van der Waals surface area contributed by atoms with Gasteiger partial charge in [-0.2, -0.15) is 4.31 Å². The number of nitrogens with zero attached hydrogens (tertiary/aromatic N) is 1. The topological polar surface area (TPSA) is 69.6 Å². The Balaban J connectivity index is 1.93. The van der Waals surface area contributed by atoms with Crippen molar-refractivity contribution in [3.05, 3.63) is 23.8 Å². The van der Waals surface area contributed by atoms with E-state index in [1.165, 1.54) is 4.31 Å². The molecule has 0 spiro atoms. The normalized spacial score (nSPS) is 19.0. The number of rotatable bonds is 5. The first-order valence-corrected chi connectivity index (χ1v) is 9.06. The van der Waals surface area contributed by atoms with Gasteiger partial charge in [-0.1, -0.05) is 12.8 Å². The van der Waals surface area contributed by atoms with Crippen molar-refractivity contribution in [1.82, 2.24) is 4.31 Å². The fourth-order valence-corrected chi connectivity index (χ4v) is 5.09. The summed E-state index contributed by atoms with van der Waals surface area (Å²) >= 11 is 0. The highest BCUT2D eigenvalue weighted by atomic mass is 32.2. The summed E-state index contributed by atoms with van der Waals surface area (Å²) in [5, 5.41) is 12.5. The second-order valence-electron chi connectivity index (χ2n) is 5.77. The predicted molar refractivity (Wildman–Crippen MR) is 81.9 cm³/mol. The van der Waals surface area contributed by atoms with E-state index in [4.69, 9.17) is 0 Å². The summed E-state index contributed by atoms with van der Waals surface area (Å²) in [5.74, 6) is 0. The maximum Gasteiger partial charge on any atom is 0.243 e. The van der Waals surface area contributed by atoms with Gasteiger partial charge in [0.05, 0.1) is 11.5 Å². The SMILES string of the molecule is O=S(=O)(c1ccc2c(c1)CCN2)N(CCO)C1CCCC1. The third-order valence-electron chi connectivity index (χ3n) is 4.45. The largest absolute Gasteiger partial charge is 0.395 e. The van der Waals surface area contributed by atoms with Crippen LogP contribution in [0.1, 0.15) is 31.2 Å². The van der Waals surface area contributed by atoms with E-state index in [0.717, 1.165) is 49.9 Å². The molecule has 1 heterocycles. The van der Waals surface area contributed by atoms with Gasteiger partial charge in [-0.15, -0.1) is 0 Å². The minimum atomic E-state index is -3.52. The lowest BCUT2D eigenvalue weighted by Gasteiger charge is -2.27. The van der Waals surface area contributed by atoms with E-state index in [-0.39, 0.29) is 19.2 Å². The van der Waals surface area contributed by atoms with Gasteiger partial charge in [0.15, 0.2) is 0 Å². The van der Waals surface area contributed by atoms with E-state index >= 15 is 0 Å². The van der Waals surface area contributed by atoms with Crippen molar-refractivity contribution in [2.75, 3.05) is 25.0 Å². The molecule has 21 heavy (non-hydrogen) atoms. The molecule has 5 nitrogen and oxygen atoms in total. The lowest BCUT2D eigenvalue weighted by atomic mass is 10.2. The molecule has 0 amide bonds. The number of benzene rings is 1. The maximum atomic E-state index is 12.9. The number of anilines is 1. The zero-order valence-electron chi connectivity index (χ0n) is 12.1. The summed E-state index contributed by atoms with van der Waals surface area (Å²) in [4.78, 5) is 0.352. The lowest BCUT2D eigenvalue weighted by Crippen LogP contribution is -2.40. The Bertz CT molecular complexity index is 609. The van der Waals surface area contributed by atoms with E-state index in [1.54, 1.807) is 12.1 Å². The summed E-state index contributed by atoms with van der Waals surface area (Å²) in [5.41, 5.74) is 2.09. The molecule has 6 heteroatoms. The number of aliphatic hydroxyl groups is 1. The molecule has 1 fully saturated rings. The highest BCUT2D eigenvalue weighted by molar-refractivity contribution is 7.89. The molecule has 1 aliphatic heterocycles. The van der Waals surface area contributed by atoms with Crippen LogP contribution in [0.5, 0.6) is 0 Å². The Labute approximate surface area is 126 Å². The maximum absolute atomic E-state index is 12.9. The second-order valence-corrected chi connectivity index (χ2v) is 7.66. The lowest BCUT2D eigenvalue weighted by molar-refractivity contribution is 0.226. The Morgan fingerprint density at radius 2 is 2.05 bits per heavy atom. The van der Waals surface area contributed by atoms with Gasteiger partial charge in [-0.05, 0) is 43.0 Å². The molecule has 0 saturated heterocycles. The first kappa shape index (κ1) is 14.8. The zero-order chi connectivity index (χ0) is 14.9. The van der Waals surface area contributed by atoms with Gasteiger partial charge in [-0.25, -0.2) is 8.42 Å². The van der Waals surface area contributed by atoms with Crippen molar-refractivity contribution in [3.8, 4) is 0 Å². The van der Waals surface area contributed by atoms with Crippen LogP contribution < -0.4 is 5.32 Å². The van der Waals surface area contributed by atoms with E-state index in [2.05, 4.69) is 5.32 Å². The van der Waals surface area contributed by atoms with Gasteiger partial charge in [0.2, 0.25) is 10.0 Å². The Kier molecular flexibility index (Phi) is 4.19. The number of fused-ring (bicyclic) bond motifs is 1. The van der Waals surface area contributed by atoms with E-state index in [0.29, 0.717) is 4.90 Å². The third kappa shape index (κ3) is 2.80. The smallest absolute Gasteiger partial charge is 0.243 e. The van der Waals surface area contributed by atoms with Crippen LogP contribution in [0.4, 0.5) is 5.69 Å². The van der Waals surface area contributed by atoms with E-state index in [1.807, 2.05) is 6.07 Å². The number of hydrogen-bond donors (Lipinski definition) is 2. The molecule has 0 radical (unpaired) electrons. The number of nitrogens with one attached hydrogen (secondary N) is 1. The van der Waals surface area contributed by atoms with E-state index in [9.17, 15) is 13.5 Å². The molecule has 2 aliphatic rings. The van der Waals surface area contributed by atoms with Gasteiger partial charge in [0.1, 0.15) is 0 Å². The summed E-state index contributed by atoms with van der Waals surface area (Å²) in [6.07, 6.45) is 4.78. The summed E-state index contributed by atoms with van der Waals surface area (Å²) < 4.78 is 27.3. The average molecular weight is 310 g/mol. The first-order valence-electron chi connectivity index (χ1n) is 7.62. The standard InChI is InChI=1S/C15H22N2O3S/c18-10-9-17(13-3-1-2-4-13)21(19,20)14-5-6-15-12(11-14)7-8-16-15/h5-6,11,13,16,18H,1-4,7-10H2. The van der Waals surface area contributed by atoms with Crippen molar-refractivity contribution in [2.45, 2.75) is 43.0 Å². The molecular formula is C15H22N2O3S. The van der Waals surface area contributed by atoms with Crippen LogP contribution in [0.15, 0.2) is 23.1 Å². The average Bonchev–Trinajstić information content (AvgIpc) is 3.14. The van der Waals surface area contributed by atoms with Crippen LogP contribution >= 0.6 is 0 Å². The molecule has 1 aromatic rings. The highest BCUT2D eigenvalue weighted by Gasteiger charge is 2.33. The number of aliphatic hydroxyl groups excluding tert-OH is 1. The second kappa shape index (κ2) is 5.94. The molecule has 0 bridgehead atoms. The van der Waals surface area contributed by atoms with Crippen LogP contribution in [-0.4, -0.2) is 43.6 Å². The van der Waals surface area contributed by atoms with Gasteiger partial charge < -0.3 is 10.4 Å². The zero-order valence-corrected chi connectivity index (χ0v) is 12.9. The van der Waals surface area contributed by atoms with Crippen LogP contribution in [0.2, 0.25) is 0 Å². The molecule has 0 unspecified atom stereocenters. The minimum absolute atomic E-state index is 0.0357. The van der Waals surface area contributed by atoms with Gasteiger partial charge in [-0.3, -0.25) is 0 Å². The van der Waals surface area contributed by atoms with Crippen LogP contribution in [0, 0.1) is 0 Å². The van der Waals surface area contributed by atoms with Crippen molar-refractivity contribution < 1.29 is 13.5 Å². The Morgan fingerprint density at radius 1 is 1.29 bits per heavy atom. The van der Waals surface area contributed by atoms with Gasteiger partial charge in [0, 0.05) is 24.8 Å². The molecule has 0 aromatic heterocycles. The van der Waals surface area contributed by atoms with Gasteiger partial charge >= 0.3 is 0 Å². The molecule has 1 saturated carbocycles. The molecule has 2 N–H and O–H groups in total. The monoisotopic (exact) mass is 310 g/mol. The van der Waals surface area contributed by atoms with Crippen molar-refractivity contribution in [3.63, 3.8) is 0 Å². The highest BCUT2D eigenvalue weighted by Crippen LogP contribution is 2.31. The number of sulfonamides is 1. The molecule has 116 valence electrons. The summed E-state index contributed by atoms with van der Waals surface area (Å²) in [6.45, 7) is 0.909. The number of hydrogen-bond acceptors (Lipinski definition) is 4. The van der Waals surface area contributed by atoms with E-state index < -0.39 is 10.0 Å². The quantitative estimate of drug-likeness (QED) is 0.866. The predicted octanol–water partition coefficient (Wildman–Crippen LogP) is 1.58. The fraction of sp³-hybridized carbons (Fsp3) is 0.600. The molecule has 3 rings (SSSR count).